The fourth-order valence-electron chi connectivity index (χ4n) is 2.02. The van der Waals surface area contributed by atoms with Gasteiger partial charge < -0.3 is 10.1 Å². The molecule has 1 N–H and O–H groups in total. The van der Waals surface area contributed by atoms with Gasteiger partial charge in [-0.15, -0.1) is 6.42 Å². The van der Waals surface area contributed by atoms with Gasteiger partial charge in [0.25, 0.3) is 0 Å². The van der Waals surface area contributed by atoms with Crippen molar-refractivity contribution in [2.24, 2.45) is 11.8 Å². The maximum atomic E-state index is 5.54. The van der Waals surface area contributed by atoms with Gasteiger partial charge in [0.15, 0.2) is 0 Å². The van der Waals surface area contributed by atoms with Gasteiger partial charge in [-0.05, 0) is 43.0 Å². The van der Waals surface area contributed by atoms with Crippen LogP contribution in [0.4, 0.5) is 0 Å². The average Bonchev–Trinajstić information content (AvgIpc) is 3.04. The van der Waals surface area contributed by atoms with E-state index in [0.717, 1.165) is 40.7 Å². The minimum absolute atomic E-state index is 0.314. The van der Waals surface area contributed by atoms with Gasteiger partial charge in [0.1, 0.15) is 12.4 Å². The van der Waals surface area contributed by atoms with Crippen LogP contribution in [0, 0.1) is 24.2 Å². The fraction of sp³-hybridized carbons (Fsp3) is 0.467. The Balaban J connectivity index is 1.91. The molecule has 1 saturated carbocycles. The topological polar surface area (TPSA) is 21.3 Å². The van der Waals surface area contributed by atoms with Crippen molar-refractivity contribution in [3.05, 3.63) is 28.2 Å². The molecule has 2 atom stereocenters. The molecule has 0 aromatic heterocycles. The number of halogens is 1. The van der Waals surface area contributed by atoms with E-state index in [2.05, 4.69) is 40.2 Å². The quantitative estimate of drug-likeness (QED) is 0.815. The SMILES string of the molecule is C#CCOc1ccc(Br)cc1CNCC1CC1C. The number of rotatable bonds is 6. The number of hydrogen-bond donors (Lipinski definition) is 1. The summed E-state index contributed by atoms with van der Waals surface area (Å²) in [4.78, 5) is 0. The van der Waals surface area contributed by atoms with Crippen molar-refractivity contribution in [2.45, 2.75) is 19.9 Å². The number of hydrogen-bond acceptors (Lipinski definition) is 2. The molecule has 1 aromatic carbocycles. The molecule has 2 nitrogen and oxygen atoms in total. The molecular formula is C15H18BrNO. The van der Waals surface area contributed by atoms with Crippen molar-refractivity contribution in [1.82, 2.24) is 5.32 Å². The van der Waals surface area contributed by atoms with Crippen molar-refractivity contribution in [1.29, 1.82) is 0 Å². The molecule has 0 bridgehead atoms. The third-order valence-corrected chi connectivity index (χ3v) is 3.82. The van der Waals surface area contributed by atoms with Crippen LogP contribution in [0.25, 0.3) is 0 Å². The highest BCUT2D eigenvalue weighted by atomic mass is 79.9. The predicted molar refractivity (Wildman–Crippen MR) is 77.4 cm³/mol. The predicted octanol–water partition coefficient (Wildman–Crippen LogP) is 3.21. The first-order valence-electron chi connectivity index (χ1n) is 6.26. The summed E-state index contributed by atoms with van der Waals surface area (Å²) in [5.41, 5.74) is 1.15. The fourth-order valence-corrected chi connectivity index (χ4v) is 2.43. The summed E-state index contributed by atoms with van der Waals surface area (Å²) >= 11 is 3.48. The van der Waals surface area contributed by atoms with Gasteiger partial charge in [0, 0.05) is 16.6 Å². The molecule has 2 unspecified atom stereocenters. The molecule has 1 aliphatic rings. The summed E-state index contributed by atoms with van der Waals surface area (Å²) in [5, 5.41) is 3.49. The van der Waals surface area contributed by atoms with Gasteiger partial charge in [-0.3, -0.25) is 0 Å². The van der Waals surface area contributed by atoms with E-state index in [1.807, 2.05) is 12.1 Å². The van der Waals surface area contributed by atoms with Gasteiger partial charge in [-0.2, -0.15) is 0 Å². The zero-order chi connectivity index (χ0) is 13.0. The first-order chi connectivity index (χ1) is 8.70. The minimum Gasteiger partial charge on any atom is -0.481 e. The maximum Gasteiger partial charge on any atom is 0.148 e. The van der Waals surface area contributed by atoms with E-state index in [9.17, 15) is 0 Å². The second-order valence-corrected chi connectivity index (χ2v) is 5.76. The lowest BCUT2D eigenvalue weighted by atomic mass is 10.2. The number of ether oxygens (including phenoxy) is 1. The number of benzene rings is 1. The second kappa shape index (κ2) is 6.26. The highest BCUT2D eigenvalue weighted by Crippen LogP contribution is 2.36. The van der Waals surface area contributed by atoms with Crippen molar-refractivity contribution in [3.8, 4) is 18.1 Å². The third-order valence-electron chi connectivity index (χ3n) is 3.33. The molecule has 0 spiro atoms. The Morgan fingerprint density at radius 2 is 2.33 bits per heavy atom. The Kier molecular flexibility index (Phi) is 4.68. The molecule has 0 heterocycles. The van der Waals surface area contributed by atoms with Gasteiger partial charge in [0.05, 0.1) is 0 Å². The molecular weight excluding hydrogens is 290 g/mol. The molecule has 1 aromatic rings. The first kappa shape index (κ1) is 13.5. The zero-order valence-corrected chi connectivity index (χ0v) is 12.2. The smallest absolute Gasteiger partial charge is 0.148 e. The summed E-state index contributed by atoms with van der Waals surface area (Å²) in [6.07, 6.45) is 6.57. The molecule has 0 radical (unpaired) electrons. The largest absolute Gasteiger partial charge is 0.481 e. The van der Waals surface area contributed by atoms with Crippen LogP contribution in [-0.2, 0) is 6.54 Å². The number of terminal acetylenes is 1. The molecule has 2 rings (SSSR count). The third kappa shape index (κ3) is 3.76. The van der Waals surface area contributed by atoms with E-state index < -0.39 is 0 Å². The summed E-state index contributed by atoms with van der Waals surface area (Å²) in [7, 11) is 0. The number of nitrogens with one attached hydrogen (secondary N) is 1. The van der Waals surface area contributed by atoms with E-state index in [1.165, 1.54) is 6.42 Å². The zero-order valence-electron chi connectivity index (χ0n) is 10.6. The van der Waals surface area contributed by atoms with E-state index in [4.69, 9.17) is 11.2 Å². The molecule has 18 heavy (non-hydrogen) atoms. The van der Waals surface area contributed by atoms with Crippen LogP contribution in [-0.4, -0.2) is 13.2 Å². The van der Waals surface area contributed by atoms with Crippen LogP contribution >= 0.6 is 15.9 Å². The van der Waals surface area contributed by atoms with Crippen LogP contribution < -0.4 is 10.1 Å². The molecule has 0 amide bonds. The van der Waals surface area contributed by atoms with Crippen molar-refractivity contribution in [3.63, 3.8) is 0 Å². The van der Waals surface area contributed by atoms with Crippen LogP contribution in [0.5, 0.6) is 5.75 Å². The van der Waals surface area contributed by atoms with E-state index >= 15 is 0 Å². The molecule has 0 aliphatic heterocycles. The summed E-state index contributed by atoms with van der Waals surface area (Å²) in [6, 6.07) is 6.01. The highest BCUT2D eigenvalue weighted by molar-refractivity contribution is 9.10. The van der Waals surface area contributed by atoms with Crippen LogP contribution in [0.3, 0.4) is 0 Å². The minimum atomic E-state index is 0.314. The van der Waals surface area contributed by atoms with Gasteiger partial charge in [-0.25, -0.2) is 0 Å². The van der Waals surface area contributed by atoms with Crippen molar-refractivity contribution >= 4 is 15.9 Å². The maximum absolute atomic E-state index is 5.54. The normalized spacial score (nSPS) is 21.4. The Hall–Kier alpha value is -0.980. The standard InChI is InChI=1S/C15H18BrNO/c1-3-6-18-15-5-4-14(16)8-13(15)10-17-9-12-7-11(12)2/h1,4-5,8,11-12,17H,6-7,9-10H2,2H3. The van der Waals surface area contributed by atoms with Crippen molar-refractivity contribution < 1.29 is 4.74 Å². The van der Waals surface area contributed by atoms with E-state index in [1.54, 1.807) is 0 Å². The van der Waals surface area contributed by atoms with E-state index in [0.29, 0.717) is 6.61 Å². The average molecular weight is 308 g/mol. The Morgan fingerprint density at radius 3 is 3.00 bits per heavy atom. The molecule has 1 fully saturated rings. The molecule has 0 saturated heterocycles. The molecule has 1 aliphatic carbocycles. The summed E-state index contributed by atoms with van der Waals surface area (Å²) in [6.45, 7) is 4.52. The highest BCUT2D eigenvalue weighted by Gasteiger charge is 2.31. The van der Waals surface area contributed by atoms with E-state index in [-0.39, 0.29) is 0 Å². The lowest BCUT2D eigenvalue weighted by Crippen LogP contribution is -2.17. The Morgan fingerprint density at radius 1 is 1.56 bits per heavy atom. The Bertz CT molecular complexity index is 452. The van der Waals surface area contributed by atoms with Crippen LogP contribution in [0.1, 0.15) is 18.9 Å². The lowest BCUT2D eigenvalue weighted by molar-refractivity contribution is 0.364. The Labute approximate surface area is 117 Å². The van der Waals surface area contributed by atoms with Gasteiger partial charge >= 0.3 is 0 Å². The molecule has 3 heteroatoms. The molecule has 96 valence electrons. The lowest BCUT2D eigenvalue weighted by Gasteiger charge is -2.11. The van der Waals surface area contributed by atoms with Crippen LogP contribution in [0.2, 0.25) is 0 Å². The monoisotopic (exact) mass is 307 g/mol. The van der Waals surface area contributed by atoms with Crippen molar-refractivity contribution in [2.75, 3.05) is 13.2 Å². The van der Waals surface area contributed by atoms with Crippen LogP contribution in [0.15, 0.2) is 22.7 Å². The second-order valence-electron chi connectivity index (χ2n) is 4.85. The summed E-state index contributed by atoms with van der Waals surface area (Å²) < 4.78 is 6.60. The van der Waals surface area contributed by atoms with Gasteiger partial charge in [0.2, 0.25) is 0 Å². The summed E-state index contributed by atoms with van der Waals surface area (Å²) in [5.74, 6) is 5.10. The van der Waals surface area contributed by atoms with Gasteiger partial charge in [-0.1, -0.05) is 28.8 Å². The first-order valence-corrected chi connectivity index (χ1v) is 7.05.